The fourth-order valence-corrected chi connectivity index (χ4v) is 1.38. The van der Waals surface area contributed by atoms with Crippen LogP contribution in [0.1, 0.15) is 24.8 Å². The number of aryl methyl sites for hydroxylation is 1. The molecule has 0 nitrogen and oxygen atoms in total. The van der Waals surface area contributed by atoms with E-state index >= 15 is 0 Å². The molecule has 0 amide bonds. The summed E-state index contributed by atoms with van der Waals surface area (Å²) in [7, 11) is 5.13. The third-order valence-electron chi connectivity index (χ3n) is 2.25. The van der Waals surface area contributed by atoms with Crippen LogP contribution in [0.2, 0.25) is 0 Å². The molecule has 0 unspecified atom stereocenters. The van der Waals surface area contributed by atoms with E-state index in [1.165, 1.54) is 5.56 Å². The summed E-state index contributed by atoms with van der Waals surface area (Å²) in [6.07, 6.45) is 1.06. The summed E-state index contributed by atoms with van der Waals surface area (Å²) in [6, 6.07) is 9.99. The van der Waals surface area contributed by atoms with Crippen LogP contribution in [0.15, 0.2) is 41.9 Å². The number of rotatable bonds is 5. The Morgan fingerprint density at radius 3 is 2.33 bits per heavy atom. The first-order valence-corrected chi connectivity index (χ1v) is 5.03. The maximum atomic E-state index is 11.9. The molecule has 0 aliphatic heterocycles. The SMILES string of the molecule is [B]C(CCCCc1ccccc1)=C(F)F. The van der Waals surface area contributed by atoms with Crippen molar-refractivity contribution in [3.05, 3.63) is 47.4 Å². The van der Waals surface area contributed by atoms with Gasteiger partial charge in [-0.1, -0.05) is 35.8 Å². The summed E-state index contributed by atoms with van der Waals surface area (Å²) in [5.74, 6) is 0. The van der Waals surface area contributed by atoms with Crippen molar-refractivity contribution in [3.8, 4) is 0 Å². The van der Waals surface area contributed by atoms with Crippen molar-refractivity contribution in [1.29, 1.82) is 0 Å². The molecule has 0 aliphatic rings. The summed E-state index contributed by atoms with van der Waals surface area (Å²) in [5, 5.41) is 0. The molecule has 0 N–H and O–H groups in total. The van der Waals surface area contributed by atoms with E-state index in [0.29, 0.717) is 6.42 Å². The van der Waals surface area contributed by atoms with Gasteiger partial charge in [-0.3, -0.25) is 0 Å². The molecule has 0 saturated heterocycles. The minimum absolute atomic E-state index is 0.275. The first-order valence-electron chi connectivity index (χ1n) is 5.03. The van der Waals surface area contributed by atoms with Gasteiger partial charge in [-0.05, 0) is 31.2 Å². The molecule has 15 heavy (non-hydrogen) atoms. The second kappa shape index (κ2) is 6.38. The van der Waals surface area contributed by atoms with E-state index < -0.39 is 6.08 Å². The number of hydrogen-bond acceptors (Lipinski definition) is 0. The predicted octanol–water partition coefficient (Wildman–Crippen LogP) is 3.68. The number of halogens is 2. The summed E-state index contributed by atoms with van der Waals surface area (Å²) < 4.78 is 23.9. The average Bonchev–Trinajstić information content (AvgIpc) is 2.25. The molecule has 2 radical (unpaired) electrons. The highest BCUT2D eigenvalue weighted by molar-refractivity contribution is 6.21. The second-order valence-corrected chi connectivity index (χ2v) is 3.48. The standard InChI is InChI=1S/C12H13BF2/c13-11(12(14)15)9-5-4-8-10-6-2-1-3-7-10/h1-3,6-7H,4-5,8-9H2. The van der Waals surface area contributed by atoms with Gasteiger partial charge < -0.3 is 0 Å². The molecule has 0 spiro atoms. The largest absolute Gasteiger partial charge is 0.259 e. The van der Waals surface area contributed by atoms with Crippen molar-refractivity contribution in [2.45, 2.75) is 25.7 Å². The maximum Gasteiger partial charge on any atom is 0.259 e. The molecular weight excluding hydrogens is 193 g/mol. The molecule has 1 rings (SSSR count). The van der Waals surface area contributed by atoms with Gasteiger partial charge in [0.15, 0.2) is 0 Å². The number of hydrogen-bond donors (Lipinski definition) is 0. The minimum Gasteiger partial charge on any atom is -0.174 e. The molecule has 0 saturated carbocycles. The maximum absolute atomic E-state index is 11.9. The smallest absolute Gasteiger partial charge is 0.174 e. The highest BCUT2D eigenvalue weighted by Crippen LogP contribution is 2.13. The molecule has 0 atom stereocenters. The monoisotopic (exact) mass is 206 g/mol. The number of benzene rings is 1. The molecule has 0 aliphatic carbocycles. The lowest BCUT2D eigenvalue weighted by molar-refractivity contribution is 0.413. The van der Waals surface area contributed by atoms with Crippen LogP contribution in [0.3, 0.4) is 0 Å². The Hall–Kier alpha value is -1.12. The Kier molecular flexibility index (Phi) is 5.09. The third-order valence-corrected chi connectivity index (χ3v) is 2.25. The molecule has 78 valence electrons. The van der Waals surface area contributed by atoms with E-state index in [1.807, 2.05) is 30.3 Å². The lowest BCUT2D eigenvalue weighted by atomic mass is 9.91. The topological polar surface area (TPSA) is 0 Å². The van der Waals surface area contributed by atoms with Gasteiger partial charge in [0.25, 0.3) is 6.08 Å². The van der Waals surface area contributed by atoms with Crippen molar-refractivity contribution in [2.24, 2.45) is 0 Å². The summed E-state index contributed by atoms with van der Waals surface area (Å²) in [6.45, 7) is 0. The number of allylic oxidation sites excluding steroid dienone is 1. The zero-order valence-corrected chi connectivity index (χ0v) is 8.55. The predicted molar refractivity (Wildman–Crippen MR) is 59.0 cm³/mol. The first kappa shape index (κ1) is 12.0. The first-order chi connectivity index (χ1) is 7.20. The minimum atomic E-state index is -1.74. The van der Waals surface area contributed by atoms with E-state index in [0.717, 1.165) is 12.8 Å². The summed E-state index contributed by atoms with van der Waals surface area (Å²) in [5.41, 5.74) is 0.962. The summed E-state index contributed by atoms with van der Waals surface area (Å²) >= 11 is 0. The Morgan fingerprint density at radius 1 is 1.07 bits per heavy atom. The molecule has 0 aromatic heterocycles. The molecule has 1 aromatic rings. The quantitative estimate of drug-likeness (QED) is 0.509. The van der Waals surface area contributed by atoms with Gasteiger partial charge in [0.2, 0.25) is 0 Å². The summed E-state index contributed by atoms with van der Waals surface area (Å²) in [4.78, 5) is 0. The van der Waals surface area contributed by atoms with Gasteiger partial charge in [-0.15, -0.1) is 0 Å². The van der Waals surface area contributed by atoms with E-state index in [1.54, 1.807) is 0 Å². The lowest BCUT2D eigenvalue weighted by Crippen LogP contribution is -1.88. The number of unbranched alkanes of at least 4 members (excludes halogenated alkanes) is 1. The molecule has 0 heterocycles. The van der Waals surface area contributed by atoms with Gasteiger partial charge >= 0.3 is 0 Å². The average molecular weight is 206 g/mol. The fraction of sp³-hybridized carbons (Fsp3) is 0.333. The van der Waals surface area contributed by atoms with Crippen LogP contribution < -0.4 is 0 Å². The van der Waals surface area contributed by atoms with Crippen LogP contribution in [0.5, 0.6) is 0 Å². The zero-order valence-electron chi connectivity index (χ0n) is 8.55. The second-order valence-electron chi connectivity index (χ2n) is 3.48. The third kappa shape index (κ3) is 4.77. The van der Waals surface area contributed by atoms with Crippen molar-refractivity contribution >= 4 is 7.85 Å². The highest BCUT2D eigenvalue weighted by atomic mass is 19.3. The van der Waals surface area contributed by atoms with Gasteiger partial charge in [-0.25, -0.2) is 0 Å². The van der Waals surface area contributed by atoms with Crippen LogP contribution in [0, 0.1) is 0 Å². The molecule has 1 aromatic carbocycles. The van der Waals surface area contributed by atoms with Crippen LogP contribution in [-0.4, -0.2) is 7.85 Å². The van der Waals surface area contributed by atoms with E-state index in [4.69, 9.17) is 7.85 Å². The Bertz CT molecular complexity index is 316. The van der Waals surface area contributed by atoms with Crippen LogP contribution in [0.25, 0.3) is 0 Å². The van der Waals surface area contributed by atoms with E-state index in [9.17, 15) is 8.78 Å². The zero-order chi connectivity index (χ0) is 11.1. The normalized spacial score (nSPS) is 10.0. The lowest BCUT2D eigenvalue weighted by Gasteiger charge is -2.01. The van der Waals surface area contributed by atoms with Crippen molar-refractivity contribution in [2.75, 3.05) is 0 Å². The van der Waals surface area contributed by atoms with Gasteiger partial charge in [0, 0.05) is 0 Å². The Balaban J connectivity index is 2.21. The van der Waals surface area contributed by atoms with Crippen molar-refractivity contribution in [1.82, 2.24) is 0 Å². The van der Waals surface area contributed by atoms with Crippen molar-refractivity contribution in [3.63, 3.8) is 0 Å². The van der Waals surface area contributed by atoms with E-state index in [2.05, 4.69) is 0 Å². The molecular formula is C12H13BF2. The molecule has 0 fully saturated rings. The van der Waals surface area contributed by atoms with Crippen LogP contribution in [-0.2, 0) is 6.42 Å². The van der Waals surface area contributed by atoms with Gasteiger partial charge in [0.05, 0.1) is 0 Å². The van der Waals surface area contributed by atoms with Crippen LogP contribution >= 0.6 is 0 Å². The molecule has 0 bridgehead atoms. The van der Waals surface area contributed by atoms with Gasteiger partial charge in [0.1, 0.15) is 7.85 Å². The van der Waals surface area contributed by atoms with Crippen LogP contribution in [0.4, 0.5) is 8.78 Å². The highest BCUT2D eigenvalue weighted by Gasteiger charge is 1.99. The Morgan fingerprint density at radius 2 is 1.73 bits per heavy atom. The fourth-order valence-electron chi connectivity index (χ4n) is 1.38. The Labute approximate surface area is 90.4 Å². The van der Waals surface area contributed by atoms with Gasteiger partial charge in [-0.2, -0.15) is 8.78 Å². The van der Waals surface area contributed by atoms with E-state index in [-0.39, 0.29) is 11.9 Å². The van der Waals surface area contributed by atoms with Crippen molar-refractivity contribution < 1.29 is 8.78 Å². The molecule has 3 heteroatoms.